The number of hydrogen-bond donors (Lipinski definition) is 2. The van der Waals surface area contributed by atoms with Crippen molar-refractivity contribution in [3.8, 4) is 11.5 Å². The summed E-state index contributed by atoms with van der Waals surface area (Å²) in [4.78, 5) is 38.3. The van der Waals surface area contributed by atoms with E-state index in [0.29, 0.717) is 5.75 Å². The Kier molecular flexibility index (Phi) is 5.49. The highest BCUT2D eigenvalue weighted by molar-refractivity contribution is 5.95. The molecule has 0 aliphatic rings. The number of carboxylic acids is 1. The SMILES string of the molecule is CC(C(=O)Nc1cc(Oc2cccnc2)cc([N+](=O)[O-])c1)n1nccc1C(=O)O. The molecule has 0 radical (unpaired) electrons. The molecular formula is C18H15N5O6. The van der Waals surface area contributed by atoms with Crippen LogP contribution in [0.1, 0.15) is 23.5 Å². The van der Waals surface area contributed by atoms with Crippen LogP contribution < -0.4 is 10.1 Å². The molecule has 11 heteroatoms. The first-order valence-corrected chi connectivity index (χ1v) is 8.30. The Morgan fingerprint density at radius 1 is 1.24 bits per heavy atom. The molecule has 148 valence electrons. The lowest BCUT2D eigenvalue weighted by Gasteiger charge is -2.15. The summed E-state index contributed by atoms with van der Waals surface area (Å²) in [5.41, 5.74) is -0.342. The van der Waals surface area contributed by atoms with E-state index in [0.717, 1.165) is 4.68 Å². The number of aromatic carboxylic acids is 1. The lowest BCUT2D eigenvalue weighted by Crippen LogP contribution is -2.26. The van der Waals surface area contributed by atoms with Gasteiger partial charge in [-0.25, -0.2) is 9.48 Å². The Morgan fingerprint density at radius 3 is 2.69 bits per heavy atom. The molecule has 0 spiro atoms. The van der Waals surface area contributed by atoms with E-state index in [1.54, 1.807) is 18.3 Å². The molecule has 0 aliphatic heterocycles. The van der Waals surface area contributed by atoms with Gasteiger partial charge in [0, 0.05) is 24.5 Å². The number of carboxylic acid groups (broad SMARTS) is 1. The van der Waals surface area contributed by atoms with E-state index in [9.17, 15) is 19.7 Å². The van der Waals surface area contributed by atoms with Crippen molar-refractivity contribution >= 4 is 23.3 Å². The maximum Gasteiger partial charge on any atom is 0.354 e. The third-order valence-corrected chi connectivity index (χ3v) is 3.88. The summed E-state index contributed by atoms with van der Waals surface area (Å²) in [5.74, 6) is -1.35. The summed E-state index contributed by atoms with van der Waals surface area (Å²) in [6.45, 7) is 1.46. The molecule has 3 rings (SSSR count). The third kappa shape index (κ3) is 4.53. The Balaban J connectivity index is 1.85. The molecular weight excluding hydrogens is 382 g/mol. The van der Waals surface area contributed by atoms with Crippen LogP contribution in [0.2, 0.25) is 0 Å². The highest BCUT2D eigenvalue weighted by Crippen LogP contribution is 2.30. The first kappa shape index (κ1) is 19.5. The molecule has 11 nitrogen and oxygen atoms in total. The standard InChI is InChI=1S/C18H15N5O6/c1-11(22-16(18(25)26)4-6-20-22)17(24)21-12-7-13(23(27)28)9-15(8-12)29-14-3-2-5-19-10-14/h2-11H,1H3,(H,21,24)(H,25,26). The summed E-state index contributed by atoms with van der Waals surface area (Å²) in [6.07, 6.45) is 4.25. The Bertz CT molecular complexity index is 1070. The van der Waals surface area contributed by atoms with E-state index in [1.165, 1.54) is 43.6 Å². The van der Waals surface area contributed by atoms with Crippen molar-refractivity contribution in [3.05, 3.63) is 70.8 Å². The first-order valence-electron chi connectivity index (χ1n) is 8.30. The van der Waals surface area contributed by atoms with Crippen molar-refractivity contribution in [1.29, 1.82) is 0 Å². The smallest absolute Gasteiger partial charge is 0.354 e. The number of aromatic nitrogens is 3. The molecule has 1 unspecified atom stereocenters. The second kappa shape index (κ2) is 8.17. The number of rotatable bonds is 7. The van der Waals surface area contributed by atoms with Crippen LogP contribution >= 0.6 is 0 Å². The fourth-order valence-corrected chi connectivity index (χ4v) is 2.51. The highest BCUT2D eigenvalue weighted by Gasteiger charge is 2.22. The topological polar surface area (TPSA) is 149 Å². The molecule has 2 heterocycles. The molecule has 0 aliphatic carbocycles. The predicted molar refractivity (Wildman–Crippen MR) is 99.9 cm³/mol. The van der Waals surface area contributed by atoms with Gasteiger partial charge in [-0.15, -0.1) is 0 Å². The number of anilines is 1. The van der Waals surface area contributed by atoms with Crippen LogP contribution in [0.25, 0.3) is 0 Å². The predicted octanol–water partition coefficient (Wildman–Crippen LogP) is 2.88. The van der Waals surface area contributed by atoms with Gasteiger partial charge in [0.2, 0.25) is 5.91 Å². The number of nitrogens with one attached hydrogen (secondary N) is 1. The molecule has 3 aromatic rings. The molecule has 0 fully saturated rings. The number of pyridine rings is 1. The van der Waals surface area contributed by atoms with Gasteiger partial charge in [0.05, 0.1) is 22.9 Å². The van der Waals surface area contributed by atoms with E-state index in [2.05, 4.69) is 15.4 Å². The summed E-state index contributed by atoms with van der Waals surface area (Å²) in [6, 6.07) is 7.34. The number of non-ortho nitro benzene ring substituents is 1. The third-order valence-electron chi connectivity index (χ3n) is 3.88. The van der Waals surface area contributed by atoms with Gasteiger partial charge in [-0.1, -0.05) is 0 Å². The fraction of sp³-hybridized carbons (Fsp3) is 0.111. The lowest BCUT2D eigenvalue weighted by atomic mass is 10.2. The van der Waals surface area contributed by atoms with Crippen LogP contribution in [0.15, 0.2) is 55.0 Å². The van der Waals surface area contributed by atoms with Crippen molar-refractivity contribution < 1.29 is 24.4 Å². The second-order valence-electron chi connectivity index (χ2n) is 5.89. The van der Waals surface area contributed by atoms with E-state index in [1.807, 2.05) is 0 Å². The number of nitrogens with zero attached hydrogens (tertiary/aromatic N) is 4. The van der Waals surface area contributed by atoms with Crippen LogP contribution in [0.5, 0.6) is 11.5 Å². The average Bonchev–Trinajstić information content (AvgIpc) is 3.18. The molecule has 1 atom stereocenters. The summed E-state index contributed by atoms with van der Waals surface area (Å²) in [7, 11) is 0. The maximum atomic E-state index is 12.6. The zero-order chi connectivity index (χ0) is 21.0. The maximum absolute atomic E-state index is 12.6. The zero-order valence-electron chi connectivity index (χ0n) is 15.1. The number of carbonyl (C=O) groups excluding carboxylic acids is 1. The van der Waals surface area contributed by atoms with Gasteiger partial charge >= 0.3 is 5.97 Å². The fourth-order valence-electron chi connectivity index (χ4n) is 2.51. The summed E-state index contributed by atoms with van der Waals surface area (Å²) < 4.78 is 6.60. The quantitative estimate of drug-likeness (QED) is 0.456. The molecule has 0 bridgehead atoms. The number of hydrogen-bond acceptors (Lipinski definition) is 7. The van der Waals surface area contributed by atoms with Gasteiger partial charge < -0.3 is 15.2 Å². The van der Waals surface area contributed by atoms with E-state index in [4.69, 9.17) is 9.84 Å². The van der Waals surface area contributed by atoms with Crippen LogP contribution in [0, 0.1) is 10.1 Å². The van der Waals surface area contributed by atoms with Crippen molar-refractivity contribution in [1.82, 2.24) is 14.8 Å². The molecule has 2 aromatic heterocycles. The van der Waals surface area contributed by atoms with Gasteiger partial charge in [-0.3, -0.25) is 19.9 Å². The van der Waals surface area contributed by atoms with E-state index in [-0.39, 0.29) is 22.8 Å². The first-order chi connectivity index (χ1) is 13.8. The van der Waals surface area contributed by atoms with Crippen LogP contribution in [0.3, 0.4) is 0 Å². The minimum atomic E-state index is -1.23. The normalized spacial score (nSPS) is 11.5. The van der Waals surface area contributed by atoms with Gasteiger partial charge in [0.25, 0.3) is 5.69 Å². The van der Waals surface area contributed by atoms with Crippen molar-refractivity contribution in [3.63, 3.8) is 0 Å². The Morgan fingerprint density at radius 2 is 2.03 bits per heavy atom. The number of benzene rings is 1. The monoisotopic (exact) mass is 397 g/mol. The van der Waals surface area contributed by atoms with Crippen molar-refractivity contribution in [2.24, 2.45) is 0 Å². The average molecular weight is 397 g/mol. The van der Waals surface area contributed by atoms with Gasteiger partial charge in [0.15, 0.2) is 0 Å². The lowest BCUT2D eigenvalue weighted by molar-refractivity contribution is -0.384. The zero-order valence-corrected chi connectivity index (χ0v) is 15.1. The minimum Gasteiger partial charge on any atom is -0.477 e. The van der Waals surface area contributed by atoms with Crippen LogP contribution in [0.4, 0.5) is 11.4 Å². The molecule has 2 N–H and O–H groups in total. The molecule has 1 amide bonds. The second-order valence-corrected chi connectivity index (χ2v) is 5.89. The van der Waals surface area contributed by atoms with Crippen molar-refractivity contribution in [2.45, 2.75) is 13.0 Å². The number of nitro benzene ring substituents is 1. The molecule has 1 aromatic carbocycles. The number of carbonyl (C=O) groups is 2. The van der Waals surface area contributed by atoms with Crippen LogP contribution in [-0.4, -0.2) is 36.7 Å². The molecule has 0 saturated carbocycles. The van der Waals surface area contributed by atoms with E-state index >= 15 is 0 Å². The van der Waals surface area contributed by atoms with E-state index < -0.39 is 22.8 Å². The van der Waals surface area contributed by atoms with Crippen molar-refractivity contribution in [2.75, 3.05) is 5.32 Å². The molecule has 29 heavy (non-hydrogen) atoms. The van der Waals surface area contributed by atoms with Gasteiger partial charge in [-0.05, 0) is 25.1 Å². The number of ether oxygens (including phenoxy) is 1. The van der Waals surface area contributed by atoms with Gasteiger partial charge in [-0.2, -0.15) is 5.10 Å². The summed E-state index contributed by atoms with van der Waals surface area (Å²) in [5, 5.41) is 26.8. The largest absolute Gasteiger partial charge is 0.477 e. The summed E-state index contributed by atoms with van der Waals surface area (Å²) >= 11 is 0. The number of amides is 1. The molecule has 0 saturated heterocycles. The van der Waals surface area contributed by atoms with Crippen LogP contribution in [-0.2, 0) is 4.79 Å². The Hall–Kier alpha value is -4.28. The minimum absolute atomic E-state index is 0.110. The van der Waals surface area contributed by atoms with Gasteiger partial charge in [0.1, 0.15) is 23.2 Å². The number of nitro groups is 1. The Labute approximate surface area is 163 Å². The highest BCUT2D eigenvalue weighted by atomic mass is 16.6.